The van der Waals surface area contributed by atoms with Gasteiger partial charge in [0.25, 0.3) is 6.47 Å². The van der Waals surface area contributed by atoms with Crippen LogP contribution in [0.15, 0.2) is 0 Å². The van der Waals surface area contributed by atoms with E-state index in [0.717, 1.165) is 0 Å². The second kappa shape index (κ2) is 6.43. The lowest BCUT2D eigenvalue weighted by Gasteiger charge is -2.26. The summed E-state index contributed by atoms with van der Waals surface area (Å²) in [5.41, 5.74) is -0.319. The maximum absolute atomic E-state index is 11.2. The summed E-state index contributed by atoms with van der Waals surface area (Å²) in [7, 11) is 0. The van der Waals surface area contributed by atoms with Gasteiger partial charge in [0.1, 0.15) is 5.60 Å². The van der Waals surface area contributed by atoms with Crippen LogP contribution in [-0.4, -0.2) is 23.1 Å². The Balaban J connectivity index is 0.000000583. The molecule has 0 radical (unpaired) electrons. The molecule has 0 spiro atoms. The third-order valence-electron chi connectivity index (χ3n) is 2.10. The summed E-state index contributed by atoms with van der Waals surface area (Å²) in [6.45, 7) is 5.48. The molecule has 0 aromatic heterocycles. The van der Waals surface area contributed by atoms with Crippen LogP contribution in [0.1, 0.15) is 46.5 Å². The van der Waals surface area contributed by atoms with Crippen LogP contribution < -0.4 is 0 Å². The van der Waals surface area contributed by atoms with Gasteiger partial charge in [0.2, 0.25) is 0 Å². The molecule has 0 aromatic carbocycles. The van der Waals surface area contributed by atoms with Crippen molar-refractivity contribution >= 4 is 12.4 Å². The number of carboxylic acid groups (broad SMARTS) is 1. The maximum Gasteiger partial charge on any atom is 0.306 e. The molecule has 4 heteroatoms. The fraction of sp³-hybridized carbons (Fsp3) is 0.818. The van der Waals surface area contributed by atoms with Gasteiger partial charge in [-0.3, -0.25) is 9.59 Å². The minimum atomic E-state index is -0.319. The van der Waals surface area contributed by atoms with E-state index in [1.54, 1.807) is 0 Å². The number of esters is 1. The highest BCUT2D eigenvalue weighted by Gasteiger charge is 2.24. The molecule has 1 saturated carbocycles. The van der Waals surface area contributed by atoms with E-state index in [4.69, 9.17) is 14.6 Å². The zero-order valence-corrected chi connectivity index (χ0v) is 9.66. The van der Waals surface area contributed by atoms with Gasteiger partial charge in [-0.15, -0.1) is 0 Å². The second-order valence-corrected chi connectivity index (χ2v) is 4.69. The molecule has 15 heavy (non-hydrogen) atoms. The standard InChI is InChI=1S/C10H18O2.CH2O2/c1-10(2,3)12-9(11)7-8-5-4-6-8;2-1-3/h8H,4-7H2,1-3H3;1H,(H,2,3). The van der Waals surface area contributed by atoms with Crippen molar-refractivity contribution in [2.75, 3.05) is 0 Å². The lowest BCUT2D eigenvalue weighted by molar-refractivity contribution is -0.156. The van der Waals surface area contributed by atoms with Crippen LogP contribution in [0.5, 0.6) is 0 Å². The van der Waals surface area contributed by atoms with E-state index in [2.05, 4.69) is 0 Å². The van der Waals surface area contributed by atoms with Crippen molar-refractivity contribution < 1.29 is 19.4 Å². The predicted octanol–water partition coefficient (Wildman–Crippen LogP) is 2.22. The van der Waals surface area contributed by atoms with E-state index in [1.165, 1.54) is 19.3 Å². The molecule has 0 amide bonds. The second-order valence-electron chi connectivity index (χ2n) is 4.69. The number of hydrogen-bond acceptors (Lipinski definition) is 3. The Hall–Kier alpha value is -1.06. The fourth-order valence-electron chi connectivity index (χ4n) is 1.32. The Morgan fingerprint density at radius 2 is 1.93 bits per heavy atom. The Morgan fingerprint density at radius 1 is 1.47 bits per heavy atom. The van der Waals surface area contributed by atoms with Crippen LogP contribution in [-0.2, 0) is 14.3 Å². The van der Waals surface area contributed by atoms with Crippen LogP contribution in [0.2, 0.25) is 0 Å². The molecule has 0 aromatic rings. The van der Waals surface area contributed by atoms with Crippen LogP contribution in [0, 0.1) is 5.92 Å². The smallest absolute Gasteiger partial charge is 0.306 e. The van der Waals surface area contributed by atoms with Crippen LogP contribution >= 0.6 is 0 Å². The summed E-state index contributed by atoms with van der Waals surface area (Å²) < 4.78 is 5.21. The minimum absolute atomic E-state index is 0.0350. The van der Waals surface area contributed by atoms with Gasteiger partial charge in [0.05, 0.1) is 0 Å². The SMILES string of the molecule is CC(C)(C)OC(=O)CC1CCC1.O=CO. The summed E-state index contributed by atoms with van der Waals surface area (Å²) in [6.07, 6.45) is 4.32. The number of ether oxygens (including phenoxy) is 1. The van der Waals surface area contributed by atoms with E-state index in [-0.39, 0.29) is 18.0 Å². The lowest BCUT2D eigenvalue weighted by Crippen LogP contribution is -2.26. The first-order valence-electron chi connectivity index (χ1n) is 5.18. The molecular formula is C11H20O4. The molecule has 0 saturated heterocycles. The van der Waals surface area contributed by atoms with Gasteiger partial charge in [0.15, 0.2) is 0 Å². The monoisotopic (exact) mass is 216 g/mol. The molecule has 0 aliphatic heterocycles. The van der Waals surface area contributed by atoms with E-state index in [9.17, 15) is 4.79 Å². The van der Waals surface area contributed by atoms with E-state index in [1.807, 2.05) is 20.8 Å². The number of hydrogen-bond donors (Lipinski definition) is 1. The van der Waals surface area contributed by atoms with Crippen molar-refractivity contribution in [3.05, 3.63) is 0 Å². The number of carbonyl (C=O) groups is 2. The molecule has 1 fully saturated rings. The lowest BCUT2D eigenvalue weighted by atomic mass is 9.83. The zero-order chi connectivity index (χ0) is 11.9. The first kappa shape index (κ1) is 13.9. The van der Waals surface area contributed by atoms with E-state index >= 15 is 0 Å². The summed E-state index contributed by atoms with van der Waals surface area (Å²) in [5, 5.41) is 6.89. The van der Waals surface area contributed by atoms with Gasteiger partial charge < -0.3 is 9.84 Å². The molecule has 88 valence electrons. The maximum atomic E-state index is 11.2. The number of rotatable bonds is 2. The Labute approximate surface area is 90.6 Å². The molecule has 0 unspecified atom stereocenters. The third kappa shape index (κ3) is 7.97. The van der Waals surface area contributed by atoms with Gasteiger partial charge >= 0.3 is 5.97 Å². The molecule has 0 atom stereocenters. The van der Waals surface area contributed by atoms with Crippen molar-refractivity contribution in [3.8, 4) is 0 Å². The van der Waals surface area contributed by atoms with Crippen LogP contribution in [0.4, 0.5) is 0 Å². The summed E-state index contributed by atoms with van der Waals surface area (Å²) >= 11 is 0. The van der Waals surface area contributed by atoms with Crippen molar-refractivity contribution in [3.63, 3.8) is 0 Å². The van der Waals surface area contributed by atoms with E-state index < -0.39 is 0 Å². The van der Waals surface area contributed by atoms with Crippen molar-refractivity contribution in [1.29, 1.82) is 0 Å². The Morgan fingerprint density at radius 3 is 2.20 bits per heavy atom. The molecule has 0 bridgehead atoms. The summed E-state index contributed by atoms with van der Waals surface area (Å²) in [4.78, 5) is 19.6. The Kier molecular flexibility index (Phi) is 5.97. The highest BCUT2D eigenvalue weighted by molar-refractivity contribution is 5.70. The molecule has 4 nitrogen and oxygen atoms in total. The Bertz CT molecular complexity index is 201. The van der Waals surface area contributed by atoms with Gasteiger partial charge in [-0.1, -0.05) is 6.42 Å². The average molecular weight is 216 g/mol. The van der Waals surface area contributed by atoms with Gasteiger partial charge in [-0.05, 0) is 39.5 Å². The third-order valence-corrected chi connectivity index (χ3v) is 2.10. The van der Waals surface area contributed by atoms with Gasteiger partial charge in [-0.2, -0.15) is 0 Å². The highest BCUT2D eigenvalue weighted by atomic mass is 16.6. The van der Waals surface area contributed by atoms with Crippen molar-refractivity contribution in [2.24, 2.45) is 5.92 Å². The van der Waals surface area contributed by atoms with Crippen molar-refractivity contribution in [1.82, 2.24) is 0 Å². The zero-order valence-electron chi connectivity index (χ0n) is 9.66. The molecule has 1 aliphatic carbocycles. The minimum Gasteiger partial charge on any atom is -0.483 e. The van der Waals surface area contributed by atoms with Crippen LogP contribution in [0.3, 0.4) is 0 Å². The molecule has 1 rings (SSSR count). The molecule has 0 heterocycles. The number of carbonyl (C=O) groups excluding carboxylic acids is 1. The normalized spacial score (nSPS) is 15.7. The predicted molar refractivity (Wildman–Crippen MR) is 56.5 cm³/mol. The van der Waals surface area contributed by atoms with E-state index in [0.29, 0.717) is 12.3 Å². The summed E-state index contributed by atoms with van der Waals surface area (Å²) in [5.74, 6) is 0.576. The van der Waals surface area contributed by atoms with Crippen LogP contribution in [0.25, 0.3) is 0 Å². The first-order valence-corrected chi connectivity index (χ1v) is 5.18. The largest absolute Gasteiger partial charge is 0.483 e. The molecule has 1 aliphatic rings. The molecular weight excluding hydrogens is 196 g/mol. The average Bonchev–Trinajstić information content (AvgIpc) is 1.95. The first-order chi connectivity index (χ1) is 6.89. The molecule has 1 N–H and O–H groups in total. The topological polar surface area (TPSA) is 63.6 Å². The quantitative estimate of drug-likeness (QED) is 0.568. The fourth-order valence-corrected chi connectivity index (χ4v) is 1.32. The summed E-state index contributed by atoms with van der Waals surface area (Å²) in [6, 6.07) is 0. The van der Waals surface area contributed by atoms with Gasteiger partial charge in [0, 0.05) is 6.42 Å². The van der Waals surface area contributed by atoms with Crippen molar-refractivity contribution in [2.45, 2.75) is 52.1 Å². The highest BCUT2D eigenvalue weighted by Crippen LogP contribution is 2.30. The van der Waals surface area contributed by atoms with Gasteiger partial charge in [-0.25, -0.2) is 0 Å².